The molecule has 2 aliphatic heterocycles. The molecule has 0 spiro atoms. The molecule has 3 aliphatic rings. The molecule has 3 fully saturated rings. The van der Waals surface area contributed by atoms with Crippen molar-refractivity contribution in [2.75, 3.05) is 26.2 Å². The zero-order valence-corrected chi connectivity index (χ0v) is 12.9. The predicted molar refractivity (Wildman–Crippen MR) is 76.7 cm³/mol. The van der Waals surface area contributed by atoms with Crippen LogP contribution < -0.4 is 0 Å². The van der Waals surface area contributed by atoms with Gasteiger partial charge in [0, 0.05) is 31.7 Å². The molecule has 1 saturated carbocycles. The smallest absolute Gasteiger partial charge is 0.0224 e. The maximum Gasteiger partial charge on any atom is 0.0224 e. The van der Waals surface area contributed by atoms with Crippen molar-refractivity contribution in [3.63, 3.8) is 0 Å². The number of hydrogen-bond acceptors (Lipinski definition) is 2. The third-order valence-corrected chi connectivity index (χ3v) is 6.80. The van der Waals surface area contributed by atoms with Gasteiger partial charge in [-0.05, 0) is 43.1 Å². The van der Waals surface area contributed by atoms with Crippen LogP contribution in [0.3, 0.4) is 0 Å². The molecular formula is C16H30N2. The van der Waals surface area contributed by atoms with E-state index in [1.807, 2.05) is 0 Å². The molecule has 0 N–H and O–H groups in total. The lowest BCUT2D eigenvalue weighted by Crippen LogP contribution is -2.55. The standard InChI is InChI=1S/C16H30N2/c1-12-9-17-8-6-7-13(17)10-18(12)11-14-15(2,3)16(14,4)5/h12-14H,6-11H2,1-5H3. The van der Waals surface area contributed by atoms with Crippen LogP contribution in [0, 0.1) is 16.7 Å². The van der Waals surface area contributed by atoms with Crippen LogP contribution in [-0.2, 0) is 0 Å². The van der Waals surface area contributed by atoms with Gasteiger partial charge in [0.2, 0.25) is 0 Å². The summed E-state index contributed by atoms with van der Waals surface area (Å²) in [6, 6.07) is 1.62. The number of rotatable bonds is 2. The second-order valence-corrected chi connectivity index (χ2v) is 8.09. The molecule has 2 heterocycles. The summed E-state index contributed by atoms with van der Waals surface area (Å²) >= 11 is 0. The van der Waals surface area contributed by atoms with Crippen LogP contribution in [0.25, 0.3) is 0 Å². The molecule has 0 bridgehead atoms. The molecule has 0 aromatic carbocycles. The normalized spacial score (nSPS) is 39.8. The van der Waals surface area contributed by atoms with E-state index in [9.17, 15) is 0 Å². The molecule has 2 saturated heterocycles. The highest BCUT2D eigenvalue weighted by atomic mass is 15.3. The first-order valence-corrected chi connectivity index (χ1v) is 7.82. The van der Waals surface area contributed by atoms with Crippen molar-refractivity contribution < 1.29 is 0 Å². The summed E-state index contributed by atoms with van der Waals surface area (Å²) in [6.45, 7) is 17.5. The van der Waals surface area contributed by atoms with Crippen molar-refractivity contribution in [2.45, 2.75) is 59.5 Å². The molecule has 104 valence electrons. The lowest BCUT2D eigenvalue weighted by Gasteiger charge is -2.42. The molecule has 0 aromatic heterocycles. The third-order valence-electron chi connectivity index (χ3n) is 6.80. The Morgan fingerprint density at radius 3 is 2.33 bits per heavy atom. The van der Waals surface area contributed by atoms with Crippen molar-refractivity contribution in [3.05, 3.63) is 0 Å². The Hall–Kier alpha value is -0.0800. The average molecular weight is 250 g/mol. The van der Waals surface area contributed by atoms with Gasteiger partial charge in [-0.25, -0.2) is 0 Å². The Bertz CT molecular complexity index is 320. The van der Waals surface area contributed by atoms with Crippen LogP contribution >= 0.6 is 0 Å². The van der Waals surface area contributed by atoms with E-state index in [-0.39, 0.29) is 0 Å². The largest absolute Gasteiger partial charge is 0.298 e. The van der Waals surface area contributed by atoms with Crippen LogP contribution in [0.2, 0.25) is 0 Å². The zero-order chi connectivity index (χ0) is 13.1. The number of hydrogen-bond donors (Lipinski definition) is 0. The van der Waals surface area contributed by atoms with Crippen molar-refractivity contribution in [1.82, 2.24) is 9.80 Å². The predicted octanol–water partition coefficient (Wildman–Crippen LogP) is 2.84. The van der Waals surface area contributed by atoms with Gasteiger partial charge in [0.1, 0.15) is 0 Å². The highest BCUT2D eigenvalue weighted by Gasteiger charge is 2.64. The van der Waals surface area contributed by atoms with Gasteiger partial charge in [-0.2, -0.15) is 0 Å². The average Bonchev–Trinajstić information content (AvgIpc) is 2.67. The quantitative estimate of drug-likeness (QED) is 0.743. The second kappa shape index (κ2) is 3.96. The van der Waals surface area contributed by atoms with Crippen molar-refractivity contribution in [3.8, 4) is 0 Å². The van der Waals surface area contributed by atoms with E-state index in [0.29, 0.717) is 10.8 Å². The van der Waals surface area contributed by atoms with Crippen molar-refractivity contribution in [2.24, 2.45) is 16.7 Å². The first kappa shape index (κ1) is 12.9. The molecule has 2 nitrogen and oxygen atoms in total. The molecule has 1 aliphatic carbocycles. The van der Waals surface area contributed by atoms with E-state index < -0.39 is 0 Å². The van der Waals surface area contributed by atoms with Crippen LogP contribution in [0.5, 0.6) is 0 Å². The highest BCUT2D eigenvalue weighted by molar-refractivity contribution is 5.13. The SMILES string of the molecule is CC1CN2CCCC2CN1CC1C(C)(C)C1(C)C. The Kier molecular flexibility index (Phi) is 2.84. The molecule has 0 radical (unpaired) electrons. The fourth-order valence-electron chi connectivity index (χ4n) is 4.53. The monoisotopic (exact) mass is 250 g/mol. The van der Waals surface area contributed by atoms with Crippen LogP contribution in [0.1, 0.15) is 47.5 Å². The Labute approximate surface area is 113 Å². The van der Waals surface area contributed by atoms with Crippen molar-refractivity contribution in [1.29, 1.82) is 0 Å². The van der Waals surface area contributed by atoms with E-state index in [2.05, 4.69) is 44.4 Å². The number of nitrogens with zero attached hydrogens (tertiary/aromatic N) is 2. The van der Waals surface area contributed by atoms with Gasteiger partial charge in [-0.3, -0.25) is 9.80 Å². The van der Waals surface area contributed by atoms with E-state index >= 15 is 0 Å². The summed E-state index contributed by atoms with van der Waals surface area (Å²) in [4.78, 5) is 5.51. The van der Waals surface area contributed by atoms with Crippen LogP contribution in [-0.4, -0.2) is 48.1 Å². The summed E-state index contributed by atoms with van der Waals surface area (Å²) < 4.78 is 0. The molecule has 2 atom stereocenters. The molecule has 18 heavy (non-hydrogen) atoms. The summed E-state index contributed by atoms with van der Waals surface area (Å²) in [5.74, 6) is 0.889. The van der Waals surface area contributed by atoms with Crippen LogP contribution in [0.15, 0.2) is 0 Å². The van der Waals surface area contributed by atoms with E-state index in [4.69, 9.17) is 0 Å². The maximum absolute atomic E-state index is 2.79. The van der Waals surface area contributed by atoms with Gasteiger partial charge in [0.25, 0.3) is 0 Å². The van der Waals surface area contributed by atoms with Gasteiger partial charge in [0.05, 0.1) is 0 Å². The Balaban J connectivity index is 1.64. The summed E-state index contributed by atoms with van der Waals surface area (Å²) in [6.07, 6.45) is 2.85. The minimum Gasteiger partial charge on any atom is -0.298 e. The Morgan fingerprint density at radius 1 is 1.06 bits per heavy atom. The fourth-order valence-corrected chi connectivity index (χ4v) is 4.53. The van der Waals surface area contributed by atoms with Gasteiger partial charge < -0.3 is 0 Å². The molecule has 2 heteroatoms. The first-order chi connectivity index (χ1) is 8.34. The minimum absolute atomic E-state index is 0.541. The second-order valence-electron chi connectivity index (χ2n) is 8.09. The van der Waals surface area contributed by atoms with E-state index in [1.54, 1.807) is 0 Å². The topological polar surface area (TPSA) is 6.48 Å². The van der Waals surface area contributed by atoms with Crippen molar-refractivity contribution >= 4 is 0 Å². The molecule has 3 rings (SSSR count). The summed E-state index contributed by atoms with van der Waals surface area (Å²) in [5, 5.41) is 0. The van der Waals surface area contributed by atoms with Crippen LogP contribution in [0.4, 0.5) is 0 Å². The van der Waals surface area contributed by atoms with Gasteiger partial charge >= 0.3 is 0 Å². The number of fused-ring (bicyclic) bond motifs is 1. The van der Waals surface area contributed by atoms with E-state index in [0.717, 1.165) is 18.0 Å². The zero-order valence-electron chi connectivity index (χ0n) is 12.9. The molecule has 0 aromatic rings. The first-order valence-electron chi connectivity index (χ1n) is 7.82. The lowest BCUT2D eigenvalue weighted by molar-refractivity contribution is 0.0524. The van der Waals surface area contributed by atoms with E-state index in [1.165, 1.54) is 39.0 Å². The molecule has 2 unspecified atom stereocenters. The fraction of sp³-hybridized carbons (Fsp3) is 1.00. The molecule has 0 amide bonds. The lowest BCUT2D eigenvalue weighted by atomic mass is 10.0. The minimum atomic E-state index is 0.541. The summed E-state index contributed by atoms with van der Waals surface area (Å²) in [5.41, 5.74) is 1.08. The Morgan fingerprint density at radius 2 is 1.72 bits per heavy atom. The van der Waals surface area contributed by atoms with Gasteiger partial charge in [-0.1, -0.05) is 27.7 Å². The highest BCUT2D eigenvalue weighted by Crippen LogP contribution is 2.68. The summed E-state index contributed by atoms with van der Waals surface area (Å²) in [7, 11) is 0. The number of piperazine rings is 1. The van der Waals surface area contributed by atoms with Gasteiger partial charge in [-0.15, -0.1) is 0 Å². The molecular weight excluding hydrogens is 220 g/mol. The van der Waals surface area contributed by atoms with Gasteiger partial charge in [0.15, 0.2) is 0 Å². The maximum atomic E-state index is 2.79. The third kappa shape index (κ3) is 1.76.